The summed E-state index contributed by atoms with van der Waals surface area (Å²) >= 11 is 6.15. The summed E-state index contributed by atoms with van der Waals surface area (Å²) < 4.78 is 14.9. The van der Waals surface area contributed by atoms with Crippen molar-refractivity contribution in [1.82, 2.24) is 25.3 Å². The summed E-state index contributed by atoms with van der Waals surface area (Å²) in [6, 6.07) is 4.12. The third-order valence-corrected chi connectivity index (χ3v) is 5.22. The number of hydrogen-bond acceptors (Lipinski definition) is 4. The molecule has 6 nitrogen and oxygen atoms in total. The van der Waals surface area contributed by atoms with E-state index in [4.69, 9.17) is 11.6 Å². The SMILES string of the molecule is CNC(C(=O)NC1CCCN(Cc2ccc(F)cc2Cl)C1)c1cnn(C)c1. The minimum atomic E-state index is -0.430. The molecule has 8 heteroatoms. The van der Waals surface area contributed by atoms with Crippen LogP contribution in [0.25, 0.3) is 0 Å². The molecule has 146 valence electrons. The normalized spacial score (nSPS) is 19.0. The highest BCUT2D eigenvalue weighted by atomic mass is 35.5. The van der Waals surface area contributed by atoms with Gasteiger partial charge in [0.2, 0.25) is 5.91 Å². The number of likely N-dealkylation sites (tertiary alicyclic amines) is 1. The highest BCUT2D eigenvalue weighted by Gasteiger charge is 2.26. The van der Waals surface area contributed by atoms with Gasteiger partial charge in [-0.25, -0.2) is 4.39 Å². The summed E-state index contributed by atoms with van der Waals surface area (Å²) in [5, 5.41) is 10.8. The van der Waals surface area contributed by atoms with Crippen LogP contribution in [0.1, 0.15) is 30.0 Å². The number of aromatic nitrogens is 2. The highest BCUT2D eigenvalue weighted by molar-refractivity contribution is 6.31. The molecule has 1 aromatic carbocycles. The van der Waals surface area contributed by atoms with E-state index in [0.29, 0.717) is 11.6 Å². The number of likely N-dealkylation sites (N-methyl/N-ethyl adjacent to an activating group) is 1. The minimum Gasteiger partial charge on any atom is -0.350 e. The molecule has 3 rings (SSSR count). The fourth-order valence-electron chi connectivity index (χ4n) is 3.53. The lowest BCUT2D eigenvalue weighted by atomic mass is 10.0. The minimum absolute atomic E-state index is 0.0582. The molecule has 1 saturated heterocycles. The fourth-order valence-corrected chi connectivity index (χ4v) is 3.76. The monoisotopic (exact) mass is 393 g/mol. The third-order valence-electron chi connectivity index (χ3n) is 4.87. The molecule has 0 bridgehead atoms. The van der Waals surface area contributed by atoms with E-state index < -0.39 is 6.04 Å². The second kappa shape index (κ2) is 8.82. The van der Waals surface area contributed by atoms with Crippen molar-refractivity contribution in [1.29, 1.82) is 0 Å². The van der Waals surface area contributed by atoms with E-state index in [-0.39, 0.29) is 17.8 Å². The van der Waals surface area contributed by atoms with Gasteiger partial charge in [-0.2, -0.15) is 5.10 Å². The van der Waals surface area contributed by atoms with Gasteiger partial charge >= 0.3 is 0 Å². The van der Waals surface area contributed by atoms with Crippen LogP contribution in [0.3, 0.4) is 0 Å². The van der Waals surface area contributed by atoms with Crippen molar-refractivity contribution in [2.45, 2.75) is 31.5 Å². The Morgan fingerprint density at radius 1 is 1.48 bits per heavy atom. The standard InChI is InChI=1S/C19H25ClFN5O/c1-22-18(14-9-23-25(2)10-14)19(27)24-16-4-3-7-26(12-16)11-13-5-6-15(21)8-17(13)20/h5-6,8-10,16,18,22H,3-4,7,11-12H2,1-2H3,(H,24,27). The molecule has 0 radical (unpaired) electrons. The highest BCUT2D eigenvalue weighted by Crippen LogP contribution is 2.21. The van der Waals surface area contributed by atoms with Crippen LogP contribution >= 0.6 is 11.6 Å². The molecule has 27 heavy (non-hydrogen) atoms. The second-order valence-electron chi connectivity index (χ2n) is 6.99. The van der Waals surface area contributed by atoms with E-state index in [1.54, 1.807) is 24.0 Å². The van der Waals surface area contributed by atoms with Crippen LogP contribution < -0.4 is 10.6 Å². The second-order valence-corrected chi connectivity index (χ2v) is 7.39. The lowest BCUT2D eigenvalue weighted by Gasteiger charge is -2.34. The predicted molar refractivity (Wildman–Crippen MR) is 103 cm³/mol. The Bertz CT molecular complexity index is 796. The Morgan fingerprint density at radius 2 is 2.30 bits per heavy atom. The maximum atomic E-state index is 13.2. The van der Waals surface area contributed by atoms with Gasteiger partial charge in [-0.05, 0) is 44.1 Å². The average molecular weight is 394 g/mol. The Morgan fingerprint density at radius 3 is 2.96 bits per heavy atom. The summed E-state index contributed by atoms with van der Waals surface area (Å²) in [4.78, 5) is 15.0. The van der Waals surface area contributed by atoms with E-state index in [1.165, 1.54) is 12.1 Å². The predicted octanol–water partition coefficient (Wildman–Crippen LogP) is 2.25. The number of amides is 1. The number of nitrogens with one attached hydrogen (secondary N) is 2. The van der Waals surface area contributed by atoms with Gasteiger partial charge in [-0.15, -0.1) is 0 Å². The van der Waals surface area contributed by atoms with Gasteiger partial charge in [0.05, 0.1) is 6.20 Å². The Labute approximate surface area is 163 Å². The van der Waals surface area contributed by atoms with Crippen molar-refractivity contribution in [3.63, 3.8) is 0 Å². The largest absolute Gasteiger partial charge is 0.350 e. The molecule has 1 aliphatic rings. The van der Waals surface area contributed by atoms with Crippen LogP contribution in [-0.4, -0.2) is 46.8 Å². The number of nitrogens with zero attached hydrogens (tertiary/aromatic N) is 3. The summed E-state index contributed by atoms with van der Waals surface area (Å²) in [6.45, 7) is 2.31. The van der Waals surface area contributed by atoms with E-state index in [0.717, 1.165) is 37.1 Å². The zero-order valence-electron chi connectivity index (χ0n) is 15.6. The fraction of sp³-hybridized carbons (Fsp3) is 0.474. The van der Waals surface area contributed by atoms with Gasteiger partial charge < -0.3 is 10.6 Å². The van der Waals surface area contributed by atoms with Gasteiger partial charge in [0, 0.05) is 43.0 Å². The number of aryl methyl sites for hydroxylation is 1. The van der Waals surface area contributed by atoms with Gasteiger partial charge in [0.25, 0.3) is 0 Å². The molecule has 2 N–H and O–H groups in total. The number of piperidine rings is 1. The molecule has 1 amide bonds. The summed E-state index contributed by atoms with van der Waals surface area (Å²) in [5.41, 5.74) is 1.73. The molecule has 2 atom stereocenters. The zero-order chi connectivity index (χ0) is 19.4. The van der Waals surface area contributed by atoms with Crippen molar-refractivity contribution in [2.75, 3.05) is 20.1 Å². The van der Waals surface area contributed by atoms with Crippen LogP contribution in [0, 0.1) is 5.82 Å². The lowest BCUT2D eigenvalue weighted by Crippen LogP contribution is -2.49. The number of benzene rings is 1. The van der Waals surface area contributed by atoms with Crippen molar-refractivity contribution >= 4 is 17.5 Å². The molecule has 0 saturated carbocycles. The summed E-state index contributed by atoms with van der Waals surface area (Å²) in [7, 11) is 3.59. The molecule has 2 aromatic rings. The molecular formula is C19H25ClFN5O. The van der Waals surface area contributed by atoms with Crippen LogP contribution in [0.5, 0.6) is 0 Å². The molecule has 1 aliphatic heterocycles. The molecule has 0 spiro atoms. The maximum absolute atomic E-state index is 13.2. The third kappa shape index (κ3) is 5.06. The van der Waals surface area contributed by atoms with E-state index in [2.05, 4.69) is 20.6 Å². The Balaban J connectivity index is 1.59. The molecule has 0 aliphatic carbocycles. The molecule has 2 heterocycles. The van der Waals surface area contributed by atoms with Gasteiger partial charge in [-0.1, -0.05) is 17.7 Å². The summed E-state index contributed by atoms with van der Waals surface area (Å²) in [6.07, 6.45) is 5.46. The number of rotatable bonds is 6. The number of halogens is 2. The van der Waals surface area contributed by atoms with Gasteiger partial charge in [0.15, 0.2) is 0 Å². The molecule has 1 aromatic heterocycles. The Kier molecular flexibility index (Phi) is 6.46. The zero-order valence-corrected chi connectivity index (χ0v) is 16.3. The number of carbonyl (C=O) groups is 1. The topological polar surface area (TPSA) is 62.2 Å². The van der Waals surface area contributed by atoms with Crippen LogP contribution in [0.2, 0.25) is 5.02 Å². The van der Waals surface area contributed by atoms with E-state index >= 15 is 0 Å². The quantitative estimate of drug-likeness (QED) is 0.790. The van der Waals surface area contributed by atoms with Crippen LogP contribution in [0.4, 0.5) is 4.39 Å². The number of carbonyl (C=O) groups excluding carboxylic acids is 1. The van der Waals surface area contributed by atoms with Crippen molar-refractivity contribution in [3.05, 3.63) is 52.6 Å². The molecule has 1 fully saturated rings. The van der Waals surface area contributed by atoms with E-state index in [9.17, 15) is 9.18 Å². The summed E-state index contributed by atoms with van der Waals surface area (Å²) in [5.74, 6) is -0.391. The first-order chi connectivity index (χ1) is 13.0. The van der Waals surface area contributed by atoms with Crippen molar-refractivity contribution in [2.24, 2.45) is 7.05 Å². The molecular weight excluding hydrogens is 369 g/mol. The lowest BCUT2D eigenvalue weighted by molar-refractivity contribution is -0.124. The maximum Gasteiger partial charge on any atom is 0.242 e. The van der Waals surface area contributed by atoms with Crippen LogP contribution in [0.15, 0.2) is 30.6 Å². The average Bonchev–Trinajstić information content (AvgIpc) is 3.04. The molecule has 2 unspecified atom stereocenters. The van der Waals surface area contributed by atoms with Gasteiger partial charge in [-0.3, -0.25) is 14.4 Å². The van der Waals surface area contributed by atoms with Crippen molar-refractivity contribution in [3.8, 4) is 0 Å². The number of hydrogen-bond donors (Lipinski definition) is 2. The first kappa shape index (κ1) is 19.8. The first-order valence-electron chi connectivity index (χ1n) is 9.08. The Hall–Kier alpha value is -1.96. The smallest absolute Gasteiger partial charge is 0.242 e. The van der Waals surface area contributed by atoms with Gasteiger partial charge in [0.1, 0.15) is 11.9 Å². The first-order valence-corrected chi connectivity index (χ1v) is 9.46. The van der Waals surface area contributed by atoms with E-state index in [1.807, 2.05) is 13.2 Å². The van der Waals surface area contributed by atoms with Crippen LogP contribution in [-0.2, 0) is 18.4 Å². The van der Waals surface area contributed by atoms with Crippen molar-refractivity contribution < 1.29 is 9.18 Å².